The quantitative estimate of drug-likeness (QED) is 0.835. The van der Waals surface area contributed by atoms with Gasteiger partial charge < -0.3 is 15.1 Å². The van der Waals surface area contributed by atoms with E-state index in [1.807, 2.05) is 26.0 Å². The summed E-state index contributed by atoms with van der Waals surface area (Å²) >= 11 is 0. The van der Waals surface area contributed by atoms with E-state index in [1.54, 1.807) is 25.1 Å². The van der Waals surface area contributed by atoms with Crippen LogP contribution in [0, 0.1) is 13.8 Å². The van der Waals surface area contributed by atoms with Crippen molar-refractivity contribution in [1.29, 1.82) is 0 Å². The lowest BCUT2D eigenvalue weighted by Crippen LogP contribution is -2.41. The molecule has 7 heteroatoms. The van der Waals surface area contributed by atoms with Crippen molar-refractivity contribution in [3.05, 3.63) is 53.5 Å². The van der Waals surface area contributed by atoms with E-state index in [1.165, 1.54) is 6.26 Å². The van der Waals surface area contributed by atoms with Gasteiger partial charge in [0.1, 0.15) is 12.3 Å². The lowest BCUT2D eigenvalue weighted by Gasteiger charge is -2.19. The molecule has 2 aromatic rings. The summed E-state index contributed by atoms with van der Waals surface area (Å²) in [6, 6.07) is 8.17. The molecular weight excluding hydrogens is 322 g/mol. The summed E-state index contributed by atoms with van der Waals surface area (Å²) in [7, 11) is 0. The van der Waals surface area contributed by atoms with Gasteiger partial charge in [-0.2, -0.15) is 0 Å². The summed E-state index contributed by atoms with van der Waals surface area (Å²) < 4.78 is 5.25. The largest absolute Gasteiger partial charge is 0.466 e. The standard InChI is InChI=1S/C18H19N3O4/c1-11-6-4-7-13(12(11)2)19-15(22)10-21-16(23)18(3,20-17(21)24)14-8-5-9-25-14/h4-9H,10H2,1-3H3,(H,19,22)(H,20,24)/t18-/m0/s1. The van der Waals surface area contributed by atoms with Crippen molar-refractivity contribution >= 4 is 23.5 Å². The number of carbonyl (C=O) groups excluding carboxylic acids is 3. The number of carbonyl (C=O) groups is 3. The van der Waals surface area contributed by atoms with Crippen molar-refractivity contribution in [3.63, 3.8) is 0 Å². The summed E-state index contributed by atoms with van der Waals surface area (Å²) in [5, 5.41) is 5.33. The number of furan rings is 1. The van der Waals surface area contributed by atoms with Crippen LogP contribution < -0.4 is 10.6 Å². The molecule has 1 aliphatic rings. The predicted molar refractivity (Wildman–Crippen MR) is 90.9 cm³/mol. The zero-order chi connectivity index (χ0) is 18.2. The number of urea groups is 1. The van der Waals surface area contributed by atoms with Crippen LogP contribution in [0.5, 0.6) is 0 Å². The molecule has 0 saturated carbocycles. The van der Waals surface area contributed by atoms with Crippen molar-refractivity contribution in [3.8, 4) is 0 Å². The normalized spacial score (nSPS) is 19.9. The average Bonchev–Trinajstić information content (AvgIpc) is 3.17. The second-order valence-electron chi connectivity index (χ2n) is 6.22. The van der Waals surface area contributed by atoms with Crippen molar-refractivity contribution in [2.24, 2.45) is 0 Å². The first-order valence-electron chi connectivity index (χ1n) is 7.87. The van der Waals surface area contributed by atoms with Crippen LogP contribution >= 0.6 is 0 Å². The highest BCUT2D eigenvalue weighted by Gasteiger charge is 2.51. The van der Waals surface area contributed by atoms with Crippen LogP contribution in [0.15, 0.2) is 41.0 Å². The molecular formula is C18H19N3O4. The molecule has 2 N–H and O–H groups in total. The average molecular weight is 341 g/mol. The lowest BCUT2D eigenvalue weighted by molar-refractivity contribution is -0.134. The van der Waals surface area contributed by atoms with Crippen LogP contribution in [-0.4, -0.2) is 29.3 Å². The van der Waals surface area contributed by atoms with Gasteiger partial charge in [0, 0.05) is 5.69 Å². The zero-order valence-corrected chi connectivity index (χ0v) is 14.3. The Bertz CT molecular complexity index is 844. The highest BCUT2D eigenvalue weighted by Crippen LogP contribution is 2.29. The predicted octanol–water partition coefficient (Wildman–Crippen LogP) is 2.30. The summed E-state index contributed by atoms with van der Waals surface area (Å²) in [6.45, 7) is 5.02. The maximum absolute atomic E-state index is 12.6. The maximum Gasteiger partial charge on any atom is 0.325 e. The Morgan fingerprint density at radius 2 is 2.00 bits per heavy atom. The third kappa shape index (κ3) is 2.88. The van der Waals surface area contributed by atoms with Gasteiger partial charge in [0.05, 0.1) is 6.26 Å². The third-order valence-corrected chi connectivity index (χ3v) is 4.47. The Morgan fingerprint density at radius 3 is 2.68 bits per heavy atom. The minimum absolute atomic E-state index is 0.322. The molecule has 1 aliphatic heterocycles. The number of rotatable bonds is 4. The molecule has 0 unspecified atom stereocenters. The molecule has 1 aromatic heterocycles. The number of nitrogens with one attached hydrogen (secondary N) is 2. The number of benzene rings is 1. The molecule has 2 heterocycles. The first-order chi connectivity index (χ1) is 11.8. The van der Waals surface area contributed by atoms with E-state index >= 15 is 0 Å². The summed E-state index contributed by atoms with van der Waals surface area (Å²) in [5.74, 6) is -0.646. The summed E-state index contributed by atoms with van der Waals surface area (Å²) in [5.41, 5.74) is 1.33. The summed E-state index contributed by atoms with van der Waals surface area (Å²) in [4.78, 5) is 38.0. The summed E-state index contributed by atoms with van der Waals surface area (Å²) in [6.07, 6.45) is 1.43. The van der Waals surface area contributed by atoms with Gasteiger partial charge in [0.2, 0.25) is 5.91 Å². The first kappa shape index (κ1) is 16.8. The van der Waals surface area contributed by atoms with Crippen molar-refractivity contribution in [2.75, 3.05) is 11.9 Å². The molecule has 0 spiro atoms. The first-order valence-corrected chi connectivity index (χ1v) is 7.87. The molecule has 7 nitrogen and oxygen atoms in total. The number of amides is 4. The number of hydrogen-bond acceptors (Lipinski definition) is 4. The van der Waals surface area contributed by atoms with Crippen LogP contribution in [0.25, 0.3) is 0 Å². The molecule has 130 valence electrons. The van der Waals surface area contributed by atoms with E-state index in [2.05, 4.69) is 10.6 Å². The van der Waals surface area contributed by atoms with E-state index in [4.69, 9.17) is 4.42 Å². The van der Waals surface area contributed by atoms with Gasteiger partial charge in [0.25, 0.3) is 5.91 Å². The Labute approximate surface area is 145 Å². The van der Waals surface area contributed by atoms with Gasteiger partial charge in [0.15, 0.2) is 5.54 Å². The second-order valence-corrected chi connectivity index (χ2v) is 6.22. The van der Waals surface area contributed by atoms with E-state index in [0.717, 1.165) is 16.0 Å². The van der Waals surface area contributed by atoms with Gasteiger partial charge in [-0.05, 0) is 50.1 Å². The minimum atomic E-state index is -1.31. The molecule has 4 amide bonds. The topological polar surface area (TPSA) is 91.7 Å². The zero-order valence-electron chi connectivity index (χ0n) is 14.3. The Hall–Kier alpha value is -3.09. The monoisotopic (exact) mass is 341 g/mol. The van der Waals surface area contributed by atoms with Crippen molar-refractivity contribution in [2.45, 2.75) is 26.3 Å². The number of imide groups is 1. The minimum Gasteiger partial charge on any atom is -0.466 e. The molecule has 1 atom stereocenters. The number of hydrogen-bond donors (Lipinski definition) is 2. The van der Waals surface area contributed by atoms with E-state index in [9.17, 15) is 14.4 Å². The maximum atomic E-state index is 12.6. The van der Waals surface area contributed by atoms with Crippen molar-refractivity contribution < 1.29 is 18.8 Å². The molecule has 1 saturated heterocycles. The number of anilines is 1. The molecule has 3 rings (SSSR count). The number of aryl methyl sites for hydroxylation is 1. The lowest BCUT2D eigenvalue weighted by atomic mass is 9.99. The smallest absolute Gasteiger partial charge is 0.325 e. The van der Waals surface area contributed by atoms with Crippen LogP contribution in [-0.2, 0) is 15.1 Å². The molecule has 0 bridgehead atoms. The SMILES string of the molecule is Cc1cccc(NC(=O)CN2C(=O)N[C@@](C)(c3ccco3)C2=O)c1C. The van der Waals surface area contributed by atoms with Gasteiger partial charge >= 0.3 is 6.03 Å². The highest BCUT2D eigenvalue weighted by atomic mass is 16.3. The van der Waals surface area contributed by atoms with Gasteiger partial charge in [-0.3, -0.25) is 14.5 Å². The Balaban J connectivity index is 1.74. The van der Waals surface area contributed by atoms with Crippen molar-refractivity contribution in [1.82, 2.24) is 10.2 Å². The molecule has 1 fully saturated rings. The fourth-order valence-corrected chi connectivity index (χ4v) is 2.79. The molecule has 0 aliphatic carbocycles. The van der Waals surface area contributed by atoms with Crippen LogP contribution in [0.2, 0.25) is 0 Å². The third-order valence-electron chi connectivity index (χ3n) is 4.47. The van der Waals surface area contributed by atoms with Crippen LogP contribution in [0.1, 0.15) is 23.8 Å². The van der Waals surface area contributed by atoms with Crippen LogP contribution in [0.4, 0.5) is 10.5 Å². The van der Waals surface area contributed by atoms with Gasteiger partial charge in [-0.1, -0.05) is 12.1 Å². The Kier molecular flexibility index (Phi) is 4.08. The highest BCUT2D eigenvalue weighted by molar-refractivity contribution is 6.10. The van der Waals surface area contributed by atoms with Gasteiger partial charge in [-0.15, -0.1) is 0 Å². The second kappa shape index (κ2) is 6.08. The molecule has 1 aromatic carbocycles. The van der Waals surface area contributed by atoms with E-state index < -0.39 is 23.4 Å². The molecule has 0 radical (unpaired) electrons. The van der Waals surface area contributed by atoms with E-state index in [0.29, 0.717) is 11.4 Å². The van der Waals surface area contributed by atoms with Crippen LogP contribution in [0.3, 0.4) is 0 Å². The molecule has 25 heavy (non-hydrogen) atoms. The van der Waals surface area contributed by atoms with Gasteiger partial charge in [-0.25, -0.2) is 4.79 Å². The fourth-order valence-electron chi connectivity index (χ4n) is 2.79. The van der Waals surface area contributed by atoms with E-state index in [-0.39, 0.29) is 6.54 Å². The number of nitrogens with zero attached hydrogens (tertiary/aromatic N) is 1. The Morgan fingerprint density at radius 1 is 1.24 bits per heavy atom. The fraction of sp³-hybridized carbons (Fsp3) is 0.278.